The Morgan fingerprint density at radius 3 is 2.73 bits per heavy atom. The maximum Gasteiger partial charge on any atom is 0.311 e. The number of carbonyl (C=O) groups is 2. The lowest BCUT2D eigenvalue weighted by Gasteiger charge is -2.20. The highest BCUT2D eigenvalue weighted by Gasteiger charge is 2.18. The second-order valence-corrected chi connectivity index (χ2v) is 7.68. The van der Waals surface area contributed by atoms with E-state index in [-0.39, 0.29) is 24.2 Å². The van der Waals surface area contributed by atoms with Crippen molar-refractivity contribution in [1.29, 1.82) is 0 Å². The highest BCUT2D eigenvalue weighted by molar-refractivity contribution is 5.93. The summed E-state index contributed by atoms with van der Waals surface area (Å²) in [6.07, 6.45) is 6.35. The van der Waals surface area contributed by atoms with Gasteiger partial charge in [-0.3, -0.25) is 19.0 Å². The predicted octanol–water partition coefficient (Wildman–Crippen LogP) is 3.39. The molecule has 7 nitrogen and oxygen atoms in total. The number of hydrogen-bond acceptors (Lipinski definition) is 5. The van der Waals surface area contributed by atoms with Crippen molar-refractivity contribution in [2.45, 2.75) is 39.5 Å². The molecule has 0 bridgehead atoms. The highest BCUT2D eigenvalue weighted by Crippen LogP contribution is 2.22. The predicted molar refractivity (Wildman–Crippen MR) is 114 cm³/mol. The van der Waals surface area contributed by atoms with Gasteiger partial charge in [0.2, 0.25) is 0 Å². The van der Waals surface area contributed by atoms with Crippen LogP contribution in [0.3, 0.4) is 0 Å². The molecule has 3 heterocycles. The largest absolute Gasteiger partial charge is 0.466 e. The molecule has 0 aromatic carbocycles. The second kappa shape index (κ2) is 10.0. The van der Waals surface area contributed by atoms with Crippen molar-refractivity contribution in [3.8, 4) is 0 Å². The van der Waals surface area contributed by atoms with Crippen molar-refractivity contribution in [3.63, 3.8) is 0 Å². The van der Waals surface area contributed by atoms with Crippen molar-refractivity contribution in [2.24, 2.45) is 5.92 Å². The molecule has 7 heteroatoms. The van der Waals surface area contributed by atoms with E-state index in [1.165, 1.54) is 0 Å². The molecule has 1 unspecified atom stereocenters. The van der Waals surface area contributed by atoms with Gasteiger partial charge in [0.05, 0.1) is 18.7 Å². The van der Waals surface area contributed by atoms with Gasteiger partial charge in [0, 0.05) is 31.1 Å². The average Bonchev–Trinajstić information content (AvgIpc) is 3.13. The molecule has 3 aromatic rings. The Morgan fingerprint density at radius 1 is 1.20 bits per heavy atom. The number of rotatable bonds is 9. The Kier molecular flexibility index (Phi) is 7.17. The van der Waals surface area contributed by atoms with Crippen LogP contribution in [-0.4, -0.2) is 39.4 Å². The van der Waals surface area contributed by atoms with Crippen LogP contribution in [-0.2, 0) is 16.0 Å². The molecule has 3 aromatic heterocycles. The lowest BCUT2D eigenvalue weighted by Crippen LogP contribution is -2.30. The monoisotopic (exact) mass is 408 g/mol. The molecule has 1 atom stereocenters. The summed E-state index contributed by atoms with van der Waals surface area (Å²) in [6, 6.07) is 9.31. The van der Waals surface area contributed by atoms with Gasteiger partial charge in [-0.1, -0.05) is 26.0 Å². The summed E-state index contributed by atoms with van der Waals surface area (Å²) in [5, 5.41) is 3.06. The van der Waals surface area contributed by atoms with Crippen LogP contribution in [0.25, 0.3) is 5.65 Å². The summed E-state index contributed by atoms with van der Waals surface area (Å²) in [4.78, 5) is 33.3. The Hall–Kier alpha value is -3.22. The summed E-state index contributed by atoms with van der Waals surface area (Å²) in [6.45, 7) is 6.95. The van der Waals surface area contributed by atoms with Gasteiger partial charge < -0.3 is 10.1 Å². The van der Waals surface area contributed by atoms with Crippen LogP contribution in [0.4, 0.5) is 0 Å². The van der Waals surface area contributed by atoms with E-state index in [0.29, 0.717) is 36.1 Å². The number of amides is 1. The number of imidazole rings is 1. The maximum absolute atomic E-state index is 12.9. The van der Waals surface area contributed by atoms with Gasteiger partial charge in [-0.15, -0.1) is 0 Å². The minimum absolute atomic E-state index is 0.0774. The van der Waals surface area contributed by atoms with Crippen LogP contribution < -0.4 is 5.32 Å². The van der Waals surface area contributed by atoms with Gasteiger partial charge in [0.1, 0.15) is 11.3 Å². The van der Waals surface area contributed by atoms with Gasteiger partial charge in [-0.25, -0.2) is 4.98 Å². The Labute approximate surface area is 176 Å². The summed E-state index contributed by atoms with van der Waals surface area (Å²) < 4.78 is 6.70. The van der Waals surface area contributed by atoms with E-state index >= 15 is 0 Å². The molecule has 0 aliphatic heterocycles. The molecule has 30 heavy (non-hydrogen) atoms. The molecule has 158 valence electrons. The van der Waals surface area contributed by atoms with Crippen molar-refractivity contribution < 1.29 is 14.3 Å². The van der Waals surface area contributed by atoms with Gasteiger partial charge >= 0.3 is 5.97 Å². The summed E-state index contributed by atoms with van der Waals surface area (Å²) in [5.41, 5.74) is 2.78. The second-order valence-electron chi connectivity index (χ2n) is 7.68. The minimum Gasteiger partial charge on any atom is -0.466 e. The normalized spacial score (nSPS) is 12.1. The molecule has 0 aliphatic carbocycles. The van der Waals surface area contributed by atoms with Gasteiger partial charge in [-0.2, -0.15) is 0 Å². The first-order chi connectivity index (χ1) is 14.5. The maximum atomic E-state index is 12.9. The number of carbonyl (C=O) groups excluding carboxylic acids is 2. The SMILES string of the molecule is CCOC(=O)Cc1cn2c(C(=O)NCC(CC(C)C)c3cccnc3)cccc2n1. The molecule has 0 spiro atoms. The standard InChI is InChI=1S/C23H28N4O3/c1-4-30-22(28)12-19-15-27-20(8-5-9-21(27)26-19)23(29)25-14-18(11-16(2)3)17-7-6-10-24-13-17/h5-10,13,15-16,18H,4,11-12,14H2,1-3H3,(H,25,29). The average molecular weight is 409 g/mol. The van der Waals surface area contributed by atoms with Crippen LogP contribution >= 0.6 is 0 Å². The zero-order chi connectivity index (χ0) is 21.5. The van der Waals surface area contributed by atoms with Gasteiger partial charge in [-0.05, 0) is 43.0 Å². The number of nitrogens with zero attached hydrogens (tertiary/aromatic N) is 3. The molecule has 0 fully saturated rings. The number of pyridine rings is 2. The van der Waals surface area contributed by atoms with Crippen LogP contribution in [0.1, 0.15) is 54.9 Å². The molecule has 1 amide bonds. The number of aromatic nitrogens is 3. The Bertz CT molecular complexity index is 998. The Morgan fingerprint density at radius 2 is 2.03 bits per heavy atom. The third-order valence-corrected chi connectivity index (χ3v) is 4.83. The van der Waals surface area contributed by atoms with Gasteiger partial charge in [0.25, 0.3) is 5.91 Å². The number of nitrogens with one attached hydrogen (secondary N) is 1. The quantitative estimate of drug-likeness (QED) is 0.549. The molecule has 0 aliphatic rings. The highest BCUT2D eigenvalue weighted by atomic mass is 16.5. The fraction of sp³-hybridized carbons (Fsp3) is 0.391. The van der Waals surface area contributed by atoms with Crippen LogP contribution in [0.2, 0.25) is 0 Å². The summed E-state index contributed by atoms with van der Waals surface area (Å²) in [7, 11) is 0. The van der Waals surface area contributed by atoms with E-state index in [1.54, 1.807) is 35.9 Å². The summed E-state index contributed by atoms with van der Waals surface area (Å²) >= 11 is 0. The zero-order valence-corrected chi connectivity index (χ0v) is 17.7. The first-order valence-electron chi connectivity index (χ1n) is 10.3. The van der Waals surface area contributed by atoms with E-state index in [9.17, 15) is 9.59 Å². The van der Waals surface area contributed by atoms with Crippen LogP contribution in [0.15, 0.2) is 48.9 Å². The molecular formula is C23H28N4O3. The molecule has 3 rings (SSSR count). The minimum atomic E-state index is -0.333. The smallest absolute Gasteiger partial charge is 0.311 e. The van der Waals surface area contributed by atoms with Crippen molar-refractivity contribution in [2.75, 3.05) is 13.2 Å². The number of ether oxygens (including phenoxy) is 1. The van der Waals surface area contributed by atoms with Crippen LogP contribution in [0.5, 0.6) is 0 Å². The first-order valence-corrected chi connectivity index (χ1v) is 10.3. The van der Waals surface area contributed by atoms with E-state index in [4.69, 9.17) is 4.74 Å². The molecular weight excluding hydrogens is 380 g/mol. The van der Waals surface area contributed by atoms with E-state index in [2.05, 4.69) is 29.1 Å². The third-order valence-electron chi connectivity index (χ3n) is 4.83. The van der Waals surface area contributed by atoms with E-state index < -0.39 is 0 Å². The zero-order valence-electron chi connectivity index (χ0n) is 17.7. The lowest BCUT2D eigenvalue weighted by molar-refractivity contribution is -0.142. The lowest BCUT2D eigenvalue weighted by atomic mass is 9.91. The van der Waals surface area contributed by atoms with E-state index in [1.807, 2.05) is 24.4 Å². The molecule has 1 N–H and O–H groups in total. The molecule has 0 saturated carbocycles. The summed E-state index contributed by atoms with van der Waals surface area (Å²) in [5.74, 6) is 0.164. The number of fused-ring (bicyclic) bond motifs is 1. The number of hydrogen-bond donors (Lipinski definition) is 1. The van der Waals surface area contributed by atoms with Crippen molar-refractivity contribution in [1.82, 2.24) is 19.7 Å². The fourth-order valence-corrected chi connectivity index (χ4v) is 3.52. The van der Waals surface area contributed by atoms with Crippen molar-refractivity contribution in [3.05, 3.63) is 65.9 Å². The first kappa shape index (κ1) is 21.5. The molecule has 0 saturated heterocycles. The third kappa shape index (κ3) is 5.43. The molecule has 0 radical (unpaired) electrons. The fourth-order valence-electron chi connectivity index (χ4n) is 3.52. The van der Waals surface area contributed by atoms with E-state index in [0.717, 1.165) is 12.0 Å². The van der Waals surface area contributed by atoms with Crippen molar-refractivity contribution >= 4 is 17.5 Å². The Balaban J connectivity index is 1.75. The topological polar surface area (TPSA) is 85.6 Å². The van der Waals surface area contributed by atoms with Crippen LogP contribution in [0, 0.1) is 5.92 Å². The van der Waals surface area contributed by atoms with Gasteiger partial charge in [0.15, 0.2) is 0 Å². The number of esters is 1.